The molecular formula is C19H26BrN5O. The zero-order valence-corrected chi connectivity index (χ0v) is 17.2. The molecule has 0 unspecified atom stereocenters. The molecule has 1 aliphatic rings. The van der Waals surface area contributed by atoms with Crippen LogP contribution in [0.15, 0.2) is 35.1 Å². The highest BCUT2D eigenvalue weighted by Gasteiger charge is 2.38. The van der Waals surface area contributed by atoms with E-state index in [1.807, 2.05) is 24.3 Å². The number of benzene rings is 1. The lowest BCUT2D eigenvalue weighted by molar-refractivity contribution is 0.170. The molecule has 140 valence electrons. The summed E-state index contributed by atoms with van der Waals surface area (Å²) in [4.78, 5) is 8.51. The van der Waals surface area contributed by atoms with E-state index in [-0.39, 0.29) is 17.1 Å². The predicted octanol–water partition coefficient (Wildman–Crippen LogP) is 4.33. The second-order valence-electron chi connectivity index (χ2n) is 8.14. The van der Waals surface area contributed by atoms with Crippen molar-refractivity contribution < 1.29 is 4.74 Å². The van der Waals surface area contributed by atoms with Gasteiger partial charge in [-0.05, 0) is 64.8 Å². The molecule has 0 spiro atoms. The summed E-state index contributed by atoms with van der Waals surface area (Å²) in [7, 11) is 0. The van der Waals surface area contributed by atoms with Gasteiger partial charge >= 0.3 is 0 Å². The first-order valence-corrected chi connectivity index (χ1v) is 9.53. The van der Waals surface area contributed by atoms with Gasteiger partial charge in [-0.2, -0.15) is 4.98 Å². The third-order valence-electron chi connectivity index (χ3n) is 4.41. The monoisotopic (exact) mass is 419 g/mol. The summed E-state index contributed by atoms with van der Waals surface area (Å²) in [5.74, 6) is 1.65. The highest BCUT2D eigenvalue weighted by molar-refractivity contribution is 9.10. The van der Waals surface area contributed by atoms with Crippen LogP contribution in [0.1, 0.15) is 40.5 Å². The van der Waals surface area contributed by atoms with Gasteiger partial charge in [0.2, 0.25) is 5.88 Å². The summed E-state index contributed by atoms with van der Waals surface area (Å²) in [5.41, 5.74) is 6.78. The molecule has 3 rings (SSSR count). The molecule has 6 nitrogen and oxygen atoms in total. The Balaban J connectivity index is 1.77. The summed E-state index contributed by atoms with van der Waals surface area (Å²) in [5, 5.41) is 7.17. The minimum absolute atomic E-state index is 0.0396. The zero-order chi connectivity index (χ0) is 18.9. The first-order chi connectivity index (χ1) is 12.1. The maximum atomic E-state index is 6.28. The van der Waals surface area contributed by atoms with E-state index in [0.29, 0.717) is 23.1 Å². The van der Waals surface area contributed by atoms with Gasteiger partial charge in [-0.3, -0.25) is 0 Å². The van der Waals surface area contributed by atoms with Crippen LogP contribution in [0.5, 0.6) is 11.6 Å². The Kier molecular flexibility index (Phi) is 5.12. The molecule has 0 bridgehead atoms. The summed E-state index contributed by atoms with van der Waals surface area (Å²) in [6.45, 7) is 8.87. The Morgan fingerprint density at radius 3 is 2.35 bits per heavy atom. The average molecular weight is 420 g/mol. The van der Waals surface area contributed by atoms with E-state index in [4.69, 9.17) is 10.5 Å². The predicted molar refractivity (Wildman–Crippen MR) is 109 cm³/mol. The number of piperidine rings is 1. The molecular weight excluding hydrogens is 394 g/mol. The lowest BCUT2D eigenvalue weighted by atomic mass is 9.79. The number of nitrogens with zero attached hydrogens (tertiary/aromatic N) is 2. The largest absolute Gasteiger partial charge is 0.437 e. The Morgan fingerprint density at radius 2 is 1.73 bits per heavy atom. The summed E-state index contributed by atoms with van der Waals surface area (Å²) in [6, 6.07) is 7.79. The van der Waals surface area contributed by atoms with Crippen molar-refractivity contribution in [1.82, 2.24) is 15.3 Å². The van der Waals surface area contributed by atoms with Crippen molar-refractivity contribution in [3.05, 3.63) is 35.1 Å². The Morgan fingerprint density at radius 1 is 1.12 bits per heavy atom. The van der Waals surface area contributed by atoms with E-state index in [0.717, 1.165) is 17.3 Å². The van der Waals surface area contributed by atoms with Crippen molar-refractivity contribution in [3.8, 4) is 11.6 Å². The number of aromatic nitrogens is 2. The number of nitrogens with two attached hydrogens (primary N) is 1. The van der Waals surface area contributed by atoms with Crippen molar-refractivity contribution in [2.45, 2.75) is 57.7 Å². The first-order valence-electron chi connectivity index (χ1n) is 8.73. The SMILES string of the molecule is CC1(C)CC(Nc2ncnc(Oc3ccc(Br)cc3)c2N)CC(C)(C)N1. The van der Waals surface area contributed by atoms with E-state index >= 15 is 0 Å². The number of nitrogens with one attached hydrogen (secondary N) is 2. The van der Waals surface area contributed by atoms with E-state index < -0.39 is 0 Å². The van der Waals surface area contributed by atoms with Gasteiger partial charge in [0.1, 0.15) is 17.8 Å². The van der Waals surface area contributed by atoms with Crippen molar-refractivity contribution in [1.29, 1.82) is 0 Å². The zero-order valence-electron chi connectivity index (χ0n) is 15.6. The van der Waals surface area contributed by atoms with Gasteiger partial charge in [-0.1, -0.05) is 15.9 Å². The number of ether oxygens (including phenoxy) is 1. The molecule has 0 saturated carbocycles. The molecule has 2 heterocycles. The topological polar surface area (TPSA) is 85.1 Å². The number of anilines is 2. The molecule has 1 aliphatic heterocycles. The summed E-state index contributed by atoms with van der Waals surface area (Å²) < 4.78 is 6.81. The van der Waals surface area contributed by atoms with Gasteiger partial charge in [0.15, 0.2) is 5.82 Å². The second kappa shape index (κ2) is 7.04. The van der Waals surface area contributed by atoms with Crippen LogP contribution in [0.3, 0.4) is 0 Å². The minimum Gasteiger partial charge on any atom is -0.437 e. The van der Waals surface area contributed by atoms with Gasteiger partial charge < -0.3 is 21.1 Å². The molecule has 0 amide bonds. The van der Waals surface area contributed by atoms with Crippen molar-refractivity contribution in [3.63, 3.8) is 0 Å². The third kappa shape index (κ3) is 4.65. The minimum atomic E-state index is 0.0396. The van der Waals surface area contributed by atoms with Crippen molar-refractivity contribution in [2.75, 3.05) is 11.1 Å². The fourth-order valence-electron chi connectivity index (χ4n) is 3.81. The van der Waals surface area contributed by atoms with Gasteiger partial charge in [0, 0.05) is 21.6 Å². The molecule has 0 radical (unpaired) electrons. The Bertz CT molecular complexity index is 760. The fraction of sp³-hybridized carbons (Fsp3) is 0.474. The molecule has 0 aliphatic carbocycles. The normalized spacial score (nSPS) is 19.1. The van der Waals surface area contributed by atoms with Crippen LogP contribution >= 0.6 is 15.9 Å². The third-order valence-corrected chi connectivity index (χ3v) is 4.94. The molecule has 1 fully saturated rings. The van der Waals surface area contributed by atoms with Gasteiger partial charge in [-0.25, -0.2) is 4.98 Å². The molecule has 0 atom stereocenters. The van der Waals surface area contributed by atoms with E-state index in [2.05, 4.69) is 64.2 Å². The number of hydrogen-bond acceptors (Lipinski definition) is 6. The maximum Gasteiger partial charge on any atom is 0.248 e. The molecule has 1 saturated heterocycles. The van der Waals surface area contributed by atoms with Crippen LogP contribution in [0.2, 0.25) is 0 Å². The van der Waals surface area contributed by atoms with Gasteiger partial charge in [-0.15, -0.1) is 0 Å². The first kappa shape index (κ1) is 18.9. The van der Waals surface area contributed by atoms with Crippen molar-refractivity contribution >= 4 is 27.4 Å². The lowest BCUT2D eigenvalue weighted by Crippen LogP contribution is -2.60. The number of nitrogen functional groups attached to an aromatic ring is 1. The number of hydrogen-bond donors (Lipinski definition) is 3. The lowest BCUT2D eigenvalue weighted by Gasteiger charge is -2.46. The fourth-order valence-corrected chi connectivity index (χ4v) is 4.07. The van der Waals surface area contributed by atoms with Crippen LogP contribution in [-0.2, 0) is 0 Å². The highest BCUT2D eigenvalue weighted by atomic mass is 79.9. The van der Waals surface area contributed by atoms with Crippen LogP contribution < -0.4 is 21.1 Å². The smallest absolute Gasteiger partial charge is 0.248 e. The summed E-state index contributed by atoms with van der Waals surface area (Å²) in [6.07, 6.45) is 3.43. The number of rotatable bonds is 4. The molecule has 1 aromatic heterocycles. The van der Waals surface area contributed by atoms with Gasteiger partial charge in [0.25, 0.3) is 0 Å². The molecule has 26 heavy (non-hydrogen) atoms. The van der Waals surface area contributed by atoms with Gasteiger partial charge in [0.05, 0.1) is 0 Å². The Hall–Kier alpha value is -1.86. The van der Waals surface area contributed by atoms with E-state index in [1.54, 1.807) is 0 Å². The highest BCUT2D eigenvalue weighted by Crippen LogP contribution is 2.34. The molecule has 4 N–H and O–H groups in total. The molecule has 7 heteroatoms. The second-order valence-corrected chi connectivity index (χ2v) is 9.06. The Labute approximate surface area is 163 Å². The van der Waals surface area contributed by atoms with Crippen molar-refractivity contribution in [2.24, 2.45) is 0 Å². The van der Waals surface area contributed by atoms with Crippen LogP contribution in [-0.4, -0.2) is 27.1 Å². The quantitative estimate of drug-likeness (QED) is 0.683. The van der Waals surface area contributed by atoms with Crippen LogP contribution in [0.4, 0.5) is 11.5 Å². The average Bonchev–Trinajstić information content (AvgIpc) is 2.50. The maximum absolute atomic E-state index is 6.28. The molecule has 1 aromatic carbocycles. The number of halogens is 1. The van der Waals surface area contributed by atoms with E-state index in [9.17, 15) is 0 Å². The van der Waals surface area contributed by atoms with Crippen LogP contribution in [0, 0.1) is 0 Å². The van der Waals surface area contributed by atoms with E-state index in [1.165, 1.54) is 6.33 Å². The van der Waals surface area contributed by atoms with Crippen LogP contribution in [0.25, 0.3) is 0 Å². The standard InChI is InChI=1S/C19H26BrN5O/c1-18(2)9-13(10-19(3,4)25-18)24-16-15(21)17(23-11-22-16)26-14-7-5-12(20)6-8-14/h5-8,11,13,25H,9-10,21H2,1-4H3,(H,22,23,24). The molecule has 2 aromatic rings. The summed E-state index contributed by atoms with van der Waals surface area (Å²) >= 11 is 3.41.